The van der Waals surface area contributed by atoms with E-state index in [-0.39, 0.29) is 0 Å². The average Bonchev–Trinajstić information content (AvgIpc) is 2.17. The Labute approximate surface area is 82.0 Å². The van der Waals surface area contributed by atoms with Crippen molar-refractivity contribution >= 4 is 9.28 Å². The minimum Gasteiger partial charge on any atom is -0.400 e. The van der Waals surface area contributed by atoms with Crippen molar-refractivity contribution in [3.05, 3.63) is 0 Å². The first-order chi connectivity index (χ1) is 6.29. The summed E-state index contributed by atoms with van der Waals surface area (Å²) in [6.45, 7) is 2.78. The van der Waals surface area contributed by atoms with E-state index in [9.17, 15) is 0 Å². The van der Waals surface area contributed by atoms with Crippen molar-refractivity contribution in [1.82, 2.24) is 0 Å². The van der Waals surface area contributed by atoms with Gasteiger partial charge in [0.15, 0.2) is 0 Å². The third-order valence-corrected chi connectivity index (χ3v) is 4.72. The fourth-order valence-corrected chi connectivity index (χ4v) is 3.30. The summed E-state index contributed by atoms with van der Waals surface area (Å²) >= 11 is 0. The molecule has 0 aliphatic heterocycles. The van der Waals surface area contributed by atoms with Gasteiger partial charge in [0.1, 0.15) is 0 Å². The molecule has 0 bridgehead atoms. The summed E-state index contributed by atoms with van der Waals surface area (Å²) in [6, 6.07) is 0. The van der Waals surface area contributed by atoms with Crippen LogP contribution >= 0.6 is 0 Å². The van der Waals surface area contributed by atoms with Crippen molar-refractivity contribution < 1.29 is 8.85 Å². The highest BCUT2D eigenvalue weighted by molar-refractivity contribution is 6.46. The smallest absolute Gasteiger partial charge is 0.324 e. The SMILES string of the molecule is CCC(CCCN=N)[SiH](OC)OC. The van der Waals surface area contributed by atoms with E-state index < -0.39 is 9.28 Å². The van der Waals surface area contributed by atoms with Gasteiger partial charge >= 0.3 is 9.28 Å². The number of hydrogen-bond acceptors (Lipinski definition) is 4. The monoisotopic (exact) mass is 204 g/mol. The molecule has 0 fully saturated rings. The largest absolute Gasteiger partial charge is 0.400 e. The molecule has 0 aliphatic carbocycles. The van der Waals surface area contributed by atoms with Crippen LogP contribution in [-0.2, 0) is 8.85 Å². The second kappa shape index (κ2) is 8.34. The summed E-state index contributed by atoms with van der Waals surface area (Å²) in [7, 11) is 1.99. The first-order valence-corrected chi connectivity index (χ1v) is 6.29. The Bertz CT molecular complexity index is 131. The van der Waals surface area contributed by atoms with Gasteiger partial charge in [0.25, 0.3) is 0 Å². The normalized spacial score (nSPS) is 13.2. The average molecular weight is 204 g/mol. The fraction of sp³-hybridized carbons (Fsp3) is 1.00. The van der Waals surface area contributed by atoms with Gasteiger partial charge in [-0.15, -0.1) is 0 Å². The first-order valence-electron chi connectivity index (χ1n) is 4.68. The van der Waals surface area contributed by atoms with Crippen LogP contribution in [-0.4, -0.2) is 30.0 Å². The number of nitrogens with one attached hydrogen (secondary N) is 1. The number of nitrogens with zero attached hydrogens (tertiary/aromatic N) is 1. The fourth-order valence-electron chi connectivity index (χ4n) is 1.45. The predicted octanol–water partition coefficient (Wildman–Crippen LogP) is 2.09. The third kappa shape index (κ3) is 5.12. The first kappa shape index (κ1) is 12.7. The molecular formula is C8H20N2O2Si. The van der Waals surface area contributed by atoms with E-state index in [1.54, 1.807) is 14.2 Å². The Morgan fingerprint density at radius 2 is 2.00 bits per heavy atom. The van der Waals surface area contributed by atoms with Crippen molar-refractivity contribution in [3.63, 3.8) is 0 Å². The topological polar surface area (TPSA) is 54.7 Å². The molecule has 1 unspecified atom stereocenters. The minimum atomic E-state index is -1.45. The molecule has 0 aromatic heterocycles. The maximum absolute atomic E-state index is 6.67. The molecule has 0 amide bonds. The van der Waals surface area contributed by atoms with E-state index in [2.05, 4.69) is 12.0 Å². The molecule has 0 spiro atoms. The molecule has 78 valence electrons. The molecule has 0 aliphatic rings. The van der Waals surface area contributed by atoms with E-state index in [1.807, 2.05) is 0 Å². The Hall–Kier alpha value is -0.263. The Balaban J connectivity index is 3.77. The Kier molecular flexibility index (Phi) is 8.17. The summed E-state index contributed by atoms with van der Waals surface area (Å²) in [5.41, 5.74) is 7.23. The molecule has 13 heavy (non-hydrogen) atoms. The molecule has 0 saturated heterocycles. The van der Waals surface area contributed by atoms with Gasteiger partial charge in [0.2, 0.25) is 0 Å². The van der Waals surface area contributed by atoms with E-state index >= 15 is 0 Å². The molecular weight excluding hydrogens is 184 g/mol. The highest BCUT2D eigenvalue weighted by atomic mass is 28.3. The molecule has 1 atom stereocenters. The van der Waals surface area contributed by atoms with Crippen LogP contribution in [0.25, 0.3) is 0 Å². The lowest BCUT2D eigenvalue weighted by molar-refractivity contribution is 0.260. The molecule has 0 rings (SSSR count). The Morgan fingerprint density at radius 3 is 2.38 bits per heavy atom. The van der Waals surface area contributed by atoms with Gasteiger partial charge in [-0.25, -0.2) is 5.53 Å². The lowest BCUT2D eigenvalue weighted by Gasteiger charge is -2.20. The summed E-state index contributed by atoms with van der Waals surface area (Å²) in [5.74, 6) is 0. The molecule has 0 radical (unpaired) electrons. The maximum Gasteiger partial charge on any atom is 0.324 e. The zero-order valence-corrected chi connectivity index (χ0v) is 9.90. The van der Waals surface area contributed by atoms with Crippen LogP contribution < -0.4 is 0 Å². The number of hydrogen-bond donors (Lipinski definition) is 1. The summed E-state index contributed by atoms with van der Waals surface area (Å²) < 4.78 is 10.6. The van der Waals surface area contributed by atoms with Crippen LogP contribution in [0.15, 0.2) is 5.11 Å². The van der Waals surface area contributed by atoms with Crippen LogP contribution in [0.2, 0.25) is 5.54 Å². The van der Waals surface area contributed by atoms with Crippen LogP contribution in [0.1, 0.15) is 26.2 Å². The highest BCUT2D eigenvalue weighted by Crippen LogP contribution is 2.22. The maximum atomic E-state index is 6.67. The molecule has 0 aromatic rings. The lowest BCUT2D eigenvalue weighted by Crippen LogP contribution is -2.26. The van der Waals surface area contributed by atoms with Crippen LogP contribution in [0, 0.1) is 5.53 Å². The molecule has 0 aromatic carbocycles. The van der Waals surface area contributed by atoms with E-state index in [4.69, 9.17) is 14.4 Å². The molecule has 0 saturated carbocycles. The van der Waals surface area contributed by atoms with Crippen LogP contribution in [0.5, 0.6) is 0 Å². The van der Waals surface area contributed by atoms with Crippen molar-refractivity contribution in [2.24, 2.45) is 5.11 Å². The molecule has 4 nitrogen and oxygen atoms in total. The summed E-state index contributed by atoms with van der Waals surface area (Å²) in [4.78, 5) is 0. The molecule has 1 N–H and O–H groups in total. The van der Waals surface area contributed by atoms with E-state index in [0.29, 0.717) is 12.1 Å². The zero-order valence-electron chi connectivity index (χ0n) is 8.75. The standard InChI is InChI=1S/C8H20N2O2Si/c1-4-8(6-5-7-10-9)13(11-2)12-3/h8-9,13H,4-7H2,1-3H3. The van der Waals surface area contributed by atoms with E-state index in [0.717, 1.165) is 19.3 Å². The van der Waals surface area contributed by atoms with Gasteiger partial charge in [-0.1, -0.05) is 13.3 Å². The quantitative estimate of drug-likeness (QED) is 0.374. The van der Waals surface area contributed by atoms with Gasteiger partial charge in [0, 0.05) is 14.2 Å². The second-order valence-corrected chi connectivity index (χ2v) is 5.65. The van der Waals surface area contributed by atoms with Crippen LogP contribution in [0.4, 0.5) is 0 Å². The molecule has 0 heterocycles. The predicted molar refractivity (Wildman–Crippen MR) is 54.5 cm³/mol. The van der Waals surface area contributed by atoms with Gasteiger partial charge in [-0.3, -0.25) is 0 Å². The van der Waals surface area contributed by atoms with Crippen LogP contribution in [0.3, 0.4) is 0 Å². The van der Waals surface area contributed by atoms with E-state index in [1.165, 1.54) is 0 Å². The van der Waals surface area contributed by atoms with Crippen molar-refractivity contribution in [1.29, 1.82) is 5.53 Å². The van der Waals surface area contributed by atoms with Gasteiger partial charge in [0.05, 0.1) is 6.54 Å². The summed E-state index contributed by atoms with van der Waals surface area (Å²) in [6.07, 6.45) is 3.13. The lowest BCUT2D eigenvalue weighted by atomic mass is 10.2. The second-order valence-electron chi connectivity index (χ2n) is 3.03. The summed E-state index contributed by atoms with van der Waals surface area (Å²) in [5, 5.41) is 3.34. The third-order valence-electron chi connectivity index (χ3n) is 2.22. The highest BCUT2D eigenvalue weighted by Gasteiger charge is 2.21. The van der Waals surface area contributed by atoms with Crippen molar-refractivity contribution in [2.75, 3.05) is 20.8 Å². The van der Waals surface area contributed by atoms with Gasteiger partial charge in [-0.05, 0) is 18.4 Å². The minimum absolute atomic E-state index is 0.553. The number of rotatable bonds is 8. The van der Waals surface area contributed by atoms with Gasteiger partial charge in [-0.2, -0.15) is 5.11 Å². The van der Waals surface area contributed by atoms with Crippen molar-refractivity contribution in [2.45, 2.75) is 31.7 Å². The zero-order chi connectivity index (χ0) is 10.1. The van der Waals surface area contributed by atoms with Crippen molar-refractivity contribution in [3.8, 4) is 0 Å². The molecule has 5 heteroatoms. The van der Waals surface area contributed by atoms with Gasteiger partial charge < -0.3 is 8.85 Å². The Morgan fingerprint density at radius 1 is 1.38 bits per heavy atom.